The molecule has 1 fully saturated rings. The predicted molar refractivity (Wildman–Crippen MR) is 143 cm³/mol. The number of furan rings is 2. The third-order valence-corrected chi connectivity index (χ3v) is 7.25. The number of carbonyl (C=O) groups excluding carboxylic acids is 1. The van der Waals surface area contributed by atoms with E-state index < -0.39 is 0 Å². The van der Waals surface area contributed by atoms with Crippen LogP contribution in [0.3, 0.4) is 0 Å². The molecular weight excluding hydrogens is 526 g/mol. The van der Waals surface area contributed by atoms with Crippen molar-refractivity contribution in [1.29, 1.82) is 0 Å². The van der Waals surface area contributed by atoms with Gasteiger partial charge in [0.15, 0.2) is 5.78 Å². The van der Waals surface area contributed by atoms with Crippen LogP contribution in [0.25, 0.3) is 34.8 Å². The average molecular weight is 544 g/mol. The van der Waals surface area contributed by atoms with Crippen LogP contribution in [0.5, 0.6) is 0 Å². The summed E-state index contributed by atoms with van der Waals surface area (Å²) in [5.41, 5.74) is 3.04. The maximum absolute atomic E-state index is 13.2. The highest BCUT2D eigenvalue weighted by molar-refractivity contribution is 6.42. The van der Waals surface area contributed by atoms with Gasteiger partial charge < -0.3 is 8.83 Å². The zero-order chi connectivity index (χ0) is 24.5. The van der Waals surface area contributed by atoms with Crippen LogP contribution in [-0.2, 0) is 4.79 Å². The molecule has 0 N–H and O–H groups in total. The van der Waals surface area contributed by atoms with Gasteiger partial charge in [-0.3, -0.25) is 4.79 Å². The van der Waals surface area contributed by atoms with Gasteiger partial charge in [-0.15, -0.1) is 0 Å². The van der Waals surface area contributed by atoms with E-state index in [-0.39, 0.29) is 5.78 Å². The fourth-order valence-electron chi connectivity index (χ4n) is 3.99. The molecule has 0 saturated heterocycles. The molecule has 0 unspecified atom stereocenters. The van der Waals surface area contributed by atoms with Crippen molar-refractivity contribution >= 4 is 64.3 Å². The standard InChI is InChI=1S/C28H18Cl4O3/c29-22-8-4-16(14-24(22)31)26-10-6-20(34-26)12-18-2-1-3-19(28(18)33)13-21-7-11-27(35-21)17-5-9-23(30)25(32)15-17/h4-15H,1-3H2. The lowest BCUT2D eigenvalue weighted by Crippen LogP contribution is -2.12. The Hall–Kier alpha value is -2.69. The highest BCUT2D eigenvalue weighted by Crippen LogP contribution is 2.34. The largest absolute Gasteiger partial charge is 0.457 e. The lowest BCUT2D eigenvalue weighted by molar-refractivity contribution is -0.112. The Kier molecular flexibility index (Phi) is 6.95. The molecule has 1 saturated carbocycles. The maximum Gasteiger partial charge on any atom is 0.185 e. The zero-order valence-corrected chi connectivity index (χ0v) is 21.3. The third kappa shape index (κ3) is 5.29. The van der Waals surface area contributed by atoms with Crippen molar-refractivity contribution in [2.75, 3.05) is 0 Å². The lowest BCUT2D eigenvalue weighted by atomic mass is 9.88. The summed E-state index contributed by atoms with van der Waals surface area (Å²) in [5.74, 6) is 2.52. The minimum Gasteiger partial charge on any atom is -0.457 e. The molecule has 5 rings (SSSR count). The van der Waals surface area contributed by atoms with E-state index in [0.29, 0.717) is 67.1 Å². The monoisotopic (exact) mass is 542 g/mol. The van der Waals surface area contributed by atoms with Gasteiger partial charge in [-0.1, -0.05) is 46.4 Å². The van der Waals surface area contributed by atoms with Gasteiger partial charge >= 0.3 is 0 Å². The summed E-state index contributed by atoms with van der Waals surface area (Å²) < 4.78 is 11.9. The minimum atomic E-state index is -0.00350. The van der Waals surface area contributed by atoms with Crippen molar-refractivity contribution in [2.45, 2.75) is 19.3 Å². The Morgan fingerprint density at radius 1 is 0.600 bits per heavy atom. The van der Waals surface area contributed by atoms with E-state index >= 15 is 0 Å². The average Bonchev–Trinajstić information content (AvgIpc) is 3.50. The number of halogens is 4. The van der Waals surface area contributed by atoms with Gasteiger partial charge in [0.1, 0.15) is 23.0 Å². The fourth-order valence-corrected chi connectivity index (χ4v) is 4.59. The SMILES string of the molecule is O=C1C(=Cc2ccc(-c3ccc(Cl)c(Cl)c3)o2)CCCC1=Cc1ccc(-c2ccc(Cl)c(Cl)c2)o1. The molecule has 2 aromatic heterocycles. The fraction of sp³-hybridized carbons (Fsp3) is 0.107. The molecule has 0 radical (unpaired) electrons. The highest BCUT2D eigenvalue weighted by Gasteiger charge is 2.22. The van der Waals surface area contributed by atoms with Crippen molar-refractivity contribution in [3.8, 4) is 22.6 Å². The van der Waals surface area contributed by atoms with Gasteiger partial charge in [-0.25, -0.2) is 0 Å². The highest BCUT2D eigenvalue weighted by atomic mass is 35.5. The molecule has 176 valence electrons. The number of hydrogen-bond acceptors (Lipinski definition) is 3. The smallest absolute Gasteiger partial charge is 0.185 e. The summed E-state index contributed by atoms with van der Waals surface area (Å²) >= 11 is 24.2. The summed E-state index contributed by atoms with van der Waals surface area (Å²) in [7, 11) is 0. The molecule has 35 heavy (non-hydrogen) atoms. The van der Waals surface area contributed by atoms with Gasteiger partial charge in [0.05, 0.1) is 20.1 Å². The molecule has 2 heterocycles. The Morgan fingerprint density at radius 2 is 1.06 bits per heavy atom. The second-order valence-corrected chi connectivity index (χ2v) is 9.81. The van der Waals surface area contributed by atoms with Gasteiger partial charge in [0.2, 0.25) is 0 Å². The second kappa shape index (κ2) is 10.1. The summed E-state index contributed by atoms with van der Waals surface area (Å²) in [6.07, 6.45) is 5.85. The van der Waals surface area contributed by atoms with Crippen molar-refractivity contribution in [1.82, 2.24) is 0 Å². The third-order valence-electron chi connectivity index (χ3n) is 5.77. The van der Waals surface area contributed by atoms with Crippen LogP contribution in [0.4, 0.5) is 0 Å². The molecule has 1 aliphatic carbocycles. The van der Waals surface area contributed by atoms with E-state index in [1.165, 1.54) is 0 Å². The van der Waals surface area contributed by atoms with Crippen LogP contribution in [0, 0.1) is 0 Å². The number of Topliss-reactive ketones (excluding diaryl/α,β-unsaturated/α-hetero) is 1. The van der Waals surface area contributed by atoms with Crippen LogP contribution >= 0.6 is 46.4 Å². The summed E-state index contributed by atoms with van der Waals surface area (Å²) in [5, 5.41) is 1.88. The number of rotatable bonds is 4. The van der Waals surface area contributed by atoms with Crippen molar-refractivity contribution in [3.05, 3.63) is 103 Å². The Morgan fingerprint density at radius 3 is 1.49 bits per heavy atom. The summed E-state index contributed by atoms with van der Waals surface area (Å²) in [4.78, 5) is 13.2. The number of ketones is 1. The first-order valence-corrected chi connectivity index (χ1v) is 12.4. The van der Waals surface area contributed by atoms with E-state index in [1.807, 2.05) is 36.4 Å². The van der Waals surface area contributed by atoms with Crippen LogP contribution in [0.1, 0.15) is 30.8 Å². The Balaban J connectivity index is 1.36. The van der Waals surface area contributed by atoms with E-state index in [1.54, 1.807) is 36.4 Å². The minimum absolute atomic E-state index is 0.00350. The molecule has 0 aliphatic heterocycles. The molecule has 0 amide bonds. The molecule has 7 heteroatoms. The molecule has 0 bridgehead atoms. The van der Waals surface area contributed by atoms with Gasteiger partial charge in [0.25, 0.3) is 0 Å². The molecule has 3 nitrogen and oxygen atoms in total. The van der Waals surface area contributed by atoms with Crippen LogP contribution in [0.2, 0.25) is 20.1 Å². The van der Waals surface area contributed by atoms with Crippen LogP contribution < -0.4 is 0 Å². The quantitative estimate of drug-likeness (QED) is 0.240. The first-order valence-electron chi connectivity index (χ1n) is 10.9. The topological polar surface area (TPSA) is 43.4 Å². The molecule has 1 aliphatic rings. The molecular formula is C28H18Cl4O3. The number of allylic oxidation sites excluding steroid dienone is 2. The van der Waals surface area contributed by atoms with Crippen molar-refractivity contribution < 1.29 is 13.6 Å². The van der Waals surface area contributed by atoms with Crippen LogP contribution in [-0.4, -0.2) is 5.78 Å². The number of carbonyl (C=O) groups is 1. The predicted octanol–water partition coefficient (Wildman–Crippen LogP) is 10.0. The molecule has 0 atom stereocenters. The van der Waals surface area contributed by atoms with Gasteiger partial charge in [-0.05, 0) is 92.1 Å². The van der Waals surface area contributed by atoms with Crippen molar-refractivity contribution in [3.63, 3.8) is 0 Å². The first-order chi connectivity index (χ1) is 16.9. The second-order valence-electron chi connectivity index (χ2n) is 8.18. The van der Waals surface area contributed by atoms with Gasteiger partial charge in [-0.2, -0.15) is 0 Å². The van der Waals surface area contributed by atoms with Gasteiger partial charge in [0, 0.05) is 22.3 Å². The normalized spacial score (nSPS) is 16.4. The molecule has 0 spiro atoms. The summed E-state index contributed by atoms with van der Waals surface area (Å²) in [6, 6.07) is 18.0. The van der Waals surface area contributed by atoms with E-state index in [9.17, 15) is 4.79 Å². The maximum atomic E-state index is 13.2. The van der Waals surface area contributed by atoms with E-state index in [4.69, 9.17) is 55.2 Å². The van der Waals surface area contributed by atoms with E-state index in [0.717, 1.165) is 17.5 Å². The zero-order valence-electron chi connectivity index (χ0n) is 18.3. The lowest BCUT2D eigenvalue weighted by Gasteiger charge is -2.15. The molecule has 4 aromatic rings. The molecule has 2 aromatic carbocycles. The Labute approximate surface area is 222 Å². The number of hydrogen-bond donors (Lipinski definition) is 0. The number of benzene rings is 2. The van der Waals surface area contributed by atoms with Crippen molar-refractivity contribution in [2.24, 2.45) is 0 Å². The first kappa shape index (κ1) is 24.0. The summed E-state index contributed by atoms with van der Waals surface area (Å²) in [6.45, 7) is 0. The van der Waals surface area contributed by atoms with E-state index in [2.05, 4.69) is 0 Å². The van der Waals surface area contributed by atoms with Crippen LogP contribution in [0.15, 0.2) is 80.6 Å². The Bertz CT molecular complexity index is 1380.